The van der Waals surface area contributed by atoms with Gasteiger partial charge in [0, 0.05) is 31.3 Å². The van der Waals surface area contributed by atoms with Gasteiger partial charge in [0.05, 0.1) is 0 Å². The van der Waals surface area contributed by atoms with Crippen LogP contribution in [0.15, 0.2) is 54.3 Å². The summed E-state index contributed by atoms with van der Waals surface area (Å²) in [5.41, 5.74) is 2.50. The van der Waals surface area contributed by atoms with Crippen molar-refractivity contribution < 1.29 is 4.74 Å². The summed E-state index contributed by atoms with van der Waals surface area (Å²) in [6.07, 6.45) is 12.0. The number of nitrogens with zero attached hydrogens (tertiary/aromatic N) is 1. The molecule has 2 atom stereocenters. The molecule has 19 heavy (non-hydrogen) atoms. The van der Waals surface area contributed by atoms with Gasteiger partial charge < -0.3 is 9.64 Å². The fourth-order valence-electron chi connectivity index (χ4n) is 2.59. The fourth-order valence-corrected chi connectivity index (χ4v) is 2.59. The second kappa shape index (κ2) is 4.96. The Labute approximate surface area is 114 Å². The molecular weight excluding hydrogens is 234 g/mol. The minimum absolute atomic E-state index is 0.134. The van der Waals surface area contributed by atoms with Crippen LogP contribution in [-0.4, -0.2) is 25.1 Å². The van der Waals surface area contributed by atoms with Crippen molar-refractivity contribution in [3.05, 3.63) is 59.8 Å². The van der Waals surface area contributed by atoms with Crippen LogP contribution < -0.4 is 4.74 Å². The molecule has 1 aromatic carbocycles. The molecule has 0 bridgehead atoms. The lowest BCUT2D eigenvalue weighted by Gasteiger charge is -2.31. The number of benzene rings is 1. The van der Waals surface area contributed by atoms with Gasteiger partial charge in [0.1, 0.15) is 11.9 Å². The number of fused-ring (bicyclic) bond motifs is 2. The Hall–Kier alpha value is -1.96. The third-order valence-corrected chi connectivity index (χ3v) is 3.72. The maximum atomic E-state index is 6.17. The third-order valence-electron chi connectivity index (χ3n) is 3.72. The first-order valence-corrected chi connectivity index (χ1v) is 6.72. The number of rotatable bonds is 1. The Balaban J connectivity index is 2.05. The van der Waals surface area contributed by atoms with Gasteiger partial charge in [-0.1, -0.05) is 36.4 Å². The van der Waals surface area contributed by atoms with Crippen LogP contribution in [-0.2, 0) is 0 Å². The largest absolute Gasteiger partial charge is 0.485 e. The van der Waals surface area contributed by atoms with E-state index in [4.69, 9.17) is 4.74 Å². The topological polar surface area (TPSA) is 12.5 Å². The highest BCUT2D eigenvalue weighted by Crippen LogP contribution is 2.32. The number of hydrogen-bond donors (Lipinski definition) is 0. The molecule has 0 N–H and O–H groups in total. The van der Waals surface area contributed by atoms with Gasteiger partial charge >= 0.3 is 0 Å². The van der Waals surface area contributed by atoms with E-state index < -0.39 is 0 Å². The van der Waals surface area contributed by atoms with E-state index in [2.05, 4.69) is 61.5 Å². The van der Waals surface area contributed by atoms with Gasteiger partial charge in [0.2, 0.25) is 0 Å². The predicted molar refractivity (Wildman–Crippen MR) is 78.9 cm³/mol. The van der Waals surface area contributed by atoms with E-state index in [-0.39, 0.29) is 6.10 Å². The molecule has 1 aliphatic heterocycles. The first kappa shape index (κ1) is 12.1. The Morgan fingerprint density at radius 3 is 2.74 bits per heavy atom. The number of hydrogen-bond acceptors (Lipinski definition) is 2. The average Bonchev–Trinajstić information content (AvgIpc) is 2.38. The van der Waals surface area contributed by atoms with Crippen molar-refractivity contribution in [2.45, 2.75) is 12.5 Å². The molecule has 0 aromatic heterocycles. The molecule has 0 amide bonds. The third kappa shape index (κ3) is 2.43. The van der Waals surface area contributed by atoms with Crippen LogP contribution in [0.25, 0.3) is 6.08 Å². The van der Waals surface area contributed by atoms with Crippen LogP contribution in [0.1, 0.15) is 12.0 Å². The molecule has 2 aliphatic rings. The minimum Gasteiger partial charge on any atom is -0.485 e. The second-order valence-corrected chi connectivity index (χ2v) is 5.29. The zero-order valence-electron chi connectivity index (χ0n) is 11.4. The molecule has 0 spiro atoms. The smallest absolute Gasteiger partial charge is 0.127 e. The van der Waals surface area contributed by atoms with Crippen molar-refractivity contribution in [3.63, 3.8) is 0 Å². The van der Waals surface area contributed by atoms with E-state index in [9.17, 15) is 0 Å². The van der Waals surface area contributed by atoms with Gasteiger partial charge in [0.15, 0.2) is 0 Å². The summed E-state index contributed by atoms with van der Waals surface area (Å²) in [7, 11) is 4.21. The summed E-state index contributed by atoms with van der Waals surface area (Å²) >= 11 is 0. The maximum absolute atomic E-state index is 6.17. The van der Waals surface area contributed by atoms with E-state index in [1.807, 2.05) is 12.1 Å². The first-order chi connectivity index (χ1) is 9.24. The van der Waals surface area contributed by atoms with Gasteiger partial charge in [-0.3, -0.25) is 0 Å². The number of allylic oxidation sites excluding steroid dienone is 3. The molecular formula is C17H19NO. The van der Waals surface area contributed by atoms with Crippen molar-refractivity contribution in [2.24, 2.45) is 5.92 Å². The molecule has 0 radical (unpaired) electrons. The zero-order chi connectivity index (χ0) is 13.2. The Bertz CT molecular complexity index is 554. The molecule has 0 saturated heterocycles. The summed E-state index contributed by atoms with van der Waals surface area (Å²) < 4.78 is 6.17. The lowest BCUT2D eigenvalue weighted by Crippen LogP contribution is -2.29. The molecule has 2 nitrogen and oxygen atoms in total. The van der Waals surface area contributed by atoms with Gasteiger partial charge in [-0.2, -0.15) is 0 Å². The van der Waals surface area contributed by atoms with Crippen LogP contribution in [0.5, 0.6) is 5.75 Å². The van der Waals surface area contributed by atoms with Crippen molar-refractivity contribution in [2.75, 3.05) is 14.1 Å². The second-order valence-electron chi connectivity index (χ2n) is 5.29. The molecule has 2 heteroatoms. The first-order valence-electron chi connectivity index (χ1n) is 6.72. The zero-order valence-corrected chi connectivity index (χ0v) is 11.4. The van der Waals surface area contributed by atoms with Crippen LogP contribution in [0.3, 0.4) is 0 Å². The quantitative estimate of drug-likeness (QED) is 0.759. The van der Waals surface area contributed by atoms with Crippen molar-refractivity contribution >= 4 is 6.08 Å². The summed E-state index contributed by atoms with van der Waals surface area (Å²) in [5.74, 6) is 1.38. The molecule has 98 valence electrons. The maximum Gasteiger partial charge on any atom is 0.127 e. The van der Waals surface area contributed by atoms with Crippen LogP contribution in [0, 0.1) is 5.92 Å². The molecule has 2 unspecified atom stereocenters. The Kier molecular flexibility index (Phi) is 3.16. The lowest BCUT2D eigenvalue weighted by atomic mass is 9.90. The SMILES string of the molecule is CN(C)/C1=C/c2ccccc2OC2C=CC=CC2C1. The molecule has 1 aromatic rings. The van der Waals surface area contributed by atoms with Gasteiger partial charge in [-0.25, -0.2) is 0 Å². The lowest BCUT2D eigenvalue weighted by molar-refractivity contribution is 0.193. The minimum atomic E-state index is 0.134. The number of ether oxygens (including phenoxy) is 1. The highest BCUT2D eigenvalue weighted by atomic mass is 16.5. The van der Waals surface area contributed by atoms with E-state index >= 15 is 0 Å². The normalized spacial score (nSPS) is 27.2. The Morgan fingerprint density at radius 1 is 1.11 bits per heavy atom. The number of para-hydroxylation sites is 1. The average molecular weight is 253 g/mol. The highest BCUT2D eigenvalue weighted by Gasteiger charge is 2.25. The summed E-state index contributed by atoms with van der Waals surface area (Å²) in [6, 6.07) is 8.25. The molecule has 3 rings (SSSR count). The van der Waals surface area contributed by atoms with E-state index in [1.54, 1.807) is 0 Å². The molecule has 1 heterocycles. The summed E-state index contributed by atoms with van der Waals surface area (Å²) in [4.78, 5) is 2.20. The van der Waals surface area contributed by atoms with Gasteiger partial charge in [-0.15, -0.1) is 0 Å². The summed E-state index contributed by atoms with van der Waals surface area (Å²) in [5, 5.41) is 0. The Morgan fingerprint density at radius 2 is 1.89 bits per heavy atom. The molecule has 0 fully saturated rings. The predicted octanol–water partition coefficient (Wildman–Crippen LogP) is 3.48. The molecule has 0 saturated carbocycles. The highest BCUT2D eigenvalue weighted by molar-refractivity contribution is 5.60. The van der Waals surface area contributed by atoms with Crippen molar-refractivity contribution in [3.8, 4) is 5.75 Å². The van der Waals surface area contributed by atoms with Crippen LogP contribution >= 0.6 is 0 Å². The van der Waals surface area contributed by atoms with E-state index in [1.165, 1.54) is 5.70 Å². The molecule has 1 aliphatic carbocycles. The van der Waals surface area contributed by atoms with E-state index in [0.29, 0.717) is 5.92 Å². The van der Waals surface area contributed by atoms with Crippen LogP contribution in [0.4, 0.5) is 0 Å². The van der Waals surface area contributed by atoms with Gasteiger partial charge in [0.25, 0.3) is 0 Å². The van der Waals surface area contributed by atoms with Crippen molar-refractivity contribution in [1.82, 2.24) is 4.90 Å². The fraction of sp³-hybridized carbons (Fsp3) is 0.294. The summed E-state index contributed by atoms with van der Waals surface area (Å²) in [6.45, 7) is 0. The monoisotopic (exact) mass is 253 g/mol. The van der Waals surface area contributed by atoms with E-state index in [0.717, 1.165) is 17.7 Å². The van der Waals surface area contributed by atoms with Gasteiger partial charge in [-0.05, 0) is 24.6 Å². The standard InChI is InChI=1S/C17H19NO/c1-18(2)15-11-13-7-3-5-9-16(13)19-17-10-6-4-8-14(17)12-15/h3-11,14,17H,12H2,1-2H3/b15-11+. The van der Waals surface area contributed by atoms with Crippen LogP contribution in [0.2, 0.25) is 0 Å². The van der Waals surface area contributed by atoms with Crippen molar-refractivity contribution in [1.29, 1.82) is 0 Å².